The summed E-state index contributed by atoms with van der Waals surface area (Å²) in [5, 5.41) is 0. The number of anilines is 1. The van der Waals surface area contributed by atoms with Crippen molar-refractivity contribution >= 4 is 25.7 Å². The maximum atomic E-state index is 12.7. The number of benzene rings is 2. The summed E-state index contributed by atoms with van der Waals surface area (Å²) in [4.78, 5) is 0.0766. The molecule has 2 aromatic rings. The van der Waals surface area contributed by atoms with Crippen molar-refractivity contribution in [3.63, 3.8) is 0 Å². The molecule has 0 atom stereocenters. The zero-order chi connectivity index (χ0) is 19.7. The van der Waals surface area contributed by atoms with Gasteiger partial charge in [0.25, 0.3) is 10.0 Å². The summed E-state index contributed by atoms with van der Waals surface area (Å²) < 4.78 is 58.6. The van der Waals surface area contributed by atoms with Gasteiger partial charge in [-0.3, -0.25) is 4.72 Å². The van der Waals surface area contributed by atoms with Gasteiger partial charge in [0.2, 0.25) is 10.0 Å². The number of aryl methyl sites for hydroxylation is 2. The lowest BCUT2D eigenvalue weighted by atomic mass is 10.2. The second-order valence-electron chi connectivity index (χ2n) is 6.00. The van der Waals surface area contributed by atoms with E-state index < -0.39 is 20.0 Å². The number of rotatable bonds is 6. The highest BCUT2D eigenvalue weighted by atomic mass is 32.2. The van der Waals surface area contributed by atoms with E-state index in [4.69, 9.17) is 4.74 Å². The molecule has 26 heavy (non-hydrogen) atoms. The molecule has 0 aliphatic carbocycles. The Balaban J connectivity index is 2.45. The third kappa shape index (κ3) is 4.00. The smallest absolute Gasteiger partial charge is 0.261 e. The Kier molecular flexibility index (Phi) is 5.64. The van der Waals surface area contributed by atoms with Crippen molar-refractivity contribution in [1.82, 2.24) is 4.31 Å². The van der Waals surface area contributed by atoms with Crippen molar-refractivity contribution in [3.05, 3.63) is 47.5 Å². The van der Waals surface area contributed by atoms with E-state index >= 15 is 0 Å². The predicted molar refractivity (Wildman–Crippen MR) is 101 cm³/mol. The third-order valence-electron chi connectivity index (χ3n) is 3.91. The van der Waals surface area contributed by atoms with Crippen LogP contribution in [-0.4, -0.2) is 42.3 Å². The molecule has 0 aliphatic heterocycles. The van der Waals surface area contributed by atoms with Crippen LogP contribution < -0.4 is 9.46 Å². The summed E-state index contributed by atoms with van der Waals surface area (Å²) in [5.41, 5.74) is 1.49. The van der Waals surface area contributed by atoms with E-state index in [0.29, 0.717) is 16.9 Å². The van der Waals surface area contributed by atoms with E-state index in [0.717, 1.165) is 4.31 Å². The fraction of sp³-hybridized carbons (Fsp3) is 0.294. The van der Waals surface area contributed by atoms with Crippen LogP contribution in [0.25, 0.3) is 0 Å². The van der Waals surface area contributed by atoms with Gasteiger partial charge in [-0.05, 0) is 55.3 Å². The van der Waals surface area contributed by atoms with Crippen molar-refractivity contribution < 1.29 is 21.6 Å². The average molecular weight is 399 g/mol. The van der Waals surface area contributed by atoms with E-state index in [1.54, 1.807) is 26.0 Å². The van der Waals surface area contributed by atoms with Crippen LogP contribution in [0.2, 0.25) is 0 Å². The molecule has 0 aromatic heterocycles. The van der Waals surface area contributed by atoms with Crippen LogP contribution in [-0.2, 0) is 20.0 Å². The van der Waals surface area contributed by atoms with Crippen LogP contribution in [0.15, 0.2) is 46.2 Å². The summed E-state index contributed by atoms with van der Waals surface area (Å²) in [6.45, 7) is 3.44. The molecule has 0 bridgehead atoms. The highest BCUT2D eigenvalue weighted by molar-refractivity contribution is 7.92. The van der Waals surface area contributed by atoms with Crippen molar-refractivity contribution in [2.75, 3.05) is 25.9 Å². The second kappa shape index (κ2) is 7.26. The van der Waals surface area contributed by atoms with E-state index in [1.165, 1.54) is 45.5 Å². The van der Waals surface area contributed by atoms with Gasteiger partial charge in [-0.25, -0.2) is 21.1 Å². The lowest BCUT2D eigenvalue weighted by Gasteiger charge is -2.15. The van der Waals surface area contributed by atoms with Crippen molar-refractivity contribution in [2.45, 2.75) is 23.6 Å². The van der Waals surface area contributed by atoms with Crippen LogP contribution in [0.5, 0.6) is 5.75 Å². The zero-order valence-corrected chi connectivity index (χ0v) is 16.9. The molecule has 2 aromatic carbocycles. The lowest BCUT2D eigenvalue weighted by Crippen LogP contribution is -2.22. The monoisotopic (exact) mass is 398 g/mol. The van der Waals surface area contributed by atoms with Gasteiger partial charge in [0.05, 0.1) is 22.6 Å². The van der Waals surface area contributed by atoms with Gasteiger partial charge >= 0.3 is 0 Å². The van der Waals surface area contributed by atoms with Gasteiger partial charge < -0.3 is 4.74 Å². The quantitative estimate of drug-likeness (QED) is 0.806. The topological polar surface area (TPSA) is 92.8 Å². The second-order valence-corrected chi connectivity index (χ2v) is 9.84. The standard InChI is InChI=1S/C17H22N2O5S2/c1-12-6-7-15(26(22,23)19(3)4)11-16(12)18-25(20,21)14-8-9-17(24-5)13(2)10-14/h6-11,18H,1-5H3. The predicted octanol–water partition coefficient (Wildman–Crippen LogP) is 2.36. The average Bonchev–Trinajstić information content (AvgIpc) is 2.56. The fourth-order valence-electron chi connectivity index (χ4n) is 2.30. The first-order valence-electron chi connectivity index (χ1n) is 7.69. The third-order valence-corrected chi connectivity index (χ3v) is 7.08. The Bertz CT molecular complexity index is 1030. The maximum Gasteiger partial charge on any atom is 0.261 e. The molecule has 0 unspecified atom stereocenters. The minimum absolute atomic E-state index is 0.0108. The summed E-state index contributed by atoms with van der Waals surface area (Å²) in [5.74, 6) is 0.583. The van der Waals surface area contributed by atoms with E-state index in [9.17, 15) is 16.8 Å². The Morgan fingerprint density at radius 2 is 1.50 bits per heavy atom. The Morgan fingerprint density at radius 1 is 0.885 bits per heavy atom. The number of hydrogen-bond donors (Lipinski definition) is 1. The summed E-state index contributed by atoms with van der Waals surface area (Å²) in [6.07, 6.45) is 0. The number of ether oxygens (including phenoxy) is 1. The number of hydrogen-bond acceptors (Lipinski definition) is 5. The van der Waals surface area contributed by atoms with Crippen LogP contribution in [0, 0.1) is 13.8 Å². The van der Waals surface area contributed by atoms with Crippen molar-refractivity contribution in [2.24, 2.45) is 0 Å². The molecule has 1 N–H and O–H groups in total. The molecule has 0 heterocycles. The van der Waals surface area contributed by atoms with Gasteiger partial charge in [-0.2, -0.15) is 0 Å². The molecule has 0 fully saturated rings. The van der Waals surface area contributed by atoms with Crippen LogP contribution in [0.1, 0.15) is 11.1 Å². The van der Waals surface area contributed by atoms with Crippen molar-refractivity contribution in [1.29, 1.82) is 0 Å². The molecule has 0 saturated carbocycles. The first kappa shape index (κ1) is 20.2. The summed E-state index contributed by atoms with van der Waals surface area (Å²) in [7, 11) is -3.21. The van der Waals surface area contributed by atoms with Gasteiger partial charge in [0.1, 0.15) is 5.75 Å². The van der Waals surface area contributed by atoms with Crippen LogP contribution >= 0.6 is 0 Å². The molecule has 0 saturated heterocycles. The first-order chi connectivity index (χ1) is 12.0. The Labute approximate surface area is 154 Å². The first-order valence-corrected chi connectivity index (χ1v) is 10.6. The molecular formula is C17H22N2O5S2. The highest BCUT2D eigenvalue weighted by Gasteiger charge is 2.21. The summed E-state index contributed by atoms with van der Waals surface area (Å²) >= 11 is 0. The Hall–Kier alpha value is -2.10. The van der Waals surface area contributed by atoms with E-state index in [1.807, 2.05) is 0 Å². The number of nitrogens with zero attached hydrogens (tertiary/aromatic N) is 1. The molecule has 7 nitrogen and oxygen atoms in total. The molecule has 0 aliphatic rings. The van der Waals surface area contributed by atoms with E-state index in [-0.39, 0.29) is 15.5 Å². The SMILES string of the molecule is COc1ccc(S(=O)(=O)Nc2cc(S(=O)(=O)N(C)C)ccc2C)cc1C. The van der Waals surface area contributed by atoms with Gasteiger partial charge in [0, 0.05) is 14.1 Å². The largest absolute Gasteiger partial charge is 0.496 e. The zero-order valence-electron chi connectivity index (χ0n) is 15.3. The molecule has 0 amide bonds. The number of nitrogens with one attached hydrogen (secondary N) is 1. The molecule has 0 radical (unpaired) electrons. The molecule has 9 heteroatoms. The molecular weight excluding hydrogens is 376 g/mol. The van der Waals surface area contributed by atoms with Gasteiger partial charge in [0.15, 0.2) is 0 Å². The molecule has 142 valence electrons. The highest BCUT2D eigenvalue weighted by Crippen LogP contribution is 2.26. The molecule has 0 spiro atoms. The number of methoxy groups -OCH3 is 1. The maximum absolute atomic E-state index is 12.7. The molecule has 2 rings (SSSR count). The fourth-order valence-corrected chi connectivity index (χ4v) is 4.44. The van der Waals surface area contributed by atoms with E-state index in [2.05, 4.69) is 4.72 Å². The normalized spacial score (nSPS) is 12.2. The van der Waals surface area contributed by atoms with Gasteiger partial charge in [-0.1, -0.05) is 6.07 Å². The Morgan fingerprint density at radius 3 is 2.04 bits per heavy atom. The van der Waals surface area contributed by atoms with Gasteiger partial charge in [-0.15, -0.1) is 0 Å². The van der Waals surface area contributed by atoms with Crippen LogP contribution in [0.4, 0.5) is 5.69 Å². The lowest BCUT2D eigenvalue weighted by molar-refractivity contribution is 0.411. The van der Waals surface area contributed by atoms with Crippen LogP contribution in [0.3, 0.4) is 0 Å². The number of sulfonamides is 2. The summed E-state index contributed by atoms with van der Waals surface area (Å²) in [6, 6.07) is 8.83. The van der Waals surface area contributed by atoms with Crippen molar-refractivity contribution in [3.8, 4) is 5.75 Å². The minimum atomic E-state index is -3.88. The minimum Gasteiger partial charge on any atom is -0.496 e.